The van der Waals surface area contributed by atoms with Crippen LogP contribution in [0.5, 0.6) is 0 Å². The summed E-state index contributed by atoms with van der Waals surface area (Å²) in [7, 11) is 1.59. The zero-order valence-electron chi connectivity index (χ0n) is 21.3. The van der Waals surface area contributed by atoms with Crippen molar-refractivity contribution in [3.63, 3.8) is 0 Å². The molecule has 0 radical (unpaired) electrons. The van der Waals surface area contributed by atoms with Gasteiger partial charge in [0.25, 0.3) is 5.91 Å². The molecule has 1 aliphatic carbocycles. The number of nitrogens with zero attached hydrogens (tertiary/aromatic N) is 2. The summed E-state index contributed by atoms with van der Waals surface area (Å²) < 4.78 is 16.7. The van der Waals surface area contributed by atoms with Crippen LogP contribution in [-0.4, -0.2) is 38.5 Å². The van der Waals surface area contributed by atoms with Crippen LogP contribution >= 0.6 is 11.6 Å². The minimum absolute atomic E-state index is 0.119. The van der Waals surface area contributed by atoms with Crippen molar-refractivity contribution < 1.29 is 24.3 Å². The van der Waals surface area contributed by atoms with Crippen LogP contribution in [0, 0.1) is 11.7 Å². The van der Waals surface area contributed by atoms with Crippen LogP contribution in [0.15, 0.2) is 70.7 Å². The first-order valence-corrected chi connectivity index (χ1v) is 13.0. The summed E-state index contributed by atoms with van der Waals surface area (Å²) >= 11 is 6.50. The molecule has 39 heavy (non-hydrogen) atoms. The molecule has 1 amide bonds. The minimum atomic E-state index is -0.833. The number of nitrogens with one attached hydrogen (secondary N) is 1. The second-order valence-electron chi connectivity index (χ2n) is 9.79. The average molecular weight is 554 g/mol. The second kappa shape index (κ2) is 12.3. The first-order chi connectivity index (χ1) is 18.7. The number of halogens is 2. The monoisotopic (exact) mass is 553 g/mol. The molecule has 1 aliphatic rings. The lowest BCUT2D eigenvalue weighted by atomic mass is 9.85. The SMILES string of the molecule is Cn1cc(C(CC(c2ccc(C(=O)N[C@H]3CC[C@H](C(=O)O)CC3)c(F)c2)c2ccccc2Cl)=NO)ccc1=O. The van der Waals surface area contributed by atoms with Crippen LogP contribution in [0.3, 0.4) is 0 Å². The Hall–Kier alpha value is -3.98. The van der Waals surface area contributed by atoms with E-state index in [9.17, 15) is 19.6 Å². The Morgan fingerprint density at radius 1 is 1.13 bits per heavy atom. The van der Waals surface area contributed by atoms with Crippen molar-refractivity contribution in [1.29, 1.82) is 0 Å². The van der Waals surface area contributed by atoms with Gasteiger partial charge in [-0.2, -0.15) is 0 Å². The number of oxime groups is 1. The average Bonchev–Trinajstić information content (AvgIpc) is 2.92. The molecule has 1 aromatic heterocycles. The first-order valence-electron chi connectivity index (χ1n) is 12.6. The van der Waals surface area contributed by atoms with Gasteiger partial charge in [-0.15, -0.1) is 0 Å². The van der Waals surface area contributed by atoms with Gasteiger partial charge >= 0.3 is 5.97 Å². The first kappa shape index (κ1) is 28.0. The largest absolute Gasteiger partial charge is 0.481 e. The van der Waals surface area contributed by atoms with Gasteiger partial charge in [0.15, 0.2) is 0 Å². The number of benzene rings is 2. The molecule has 0 bridgehead atoms. The fourth-order valence-electron chi connectivity index (χ4n) is 5.02. The molecular formula is C29H29ClFN3O5. The molecule has 10 heteroatoms. The van der Waals surface area contributed by atoms with E-state index in [0.29, 0.717) is 47.4 Å². The summed E-state index contributed by atoms with van der Waals surface area (Å²) in [4.78, 5) is 35.9. The maximum Gasteiger partial charge on any atom is 0.306 e. The van der Waals surface area contributed by atoms with Gasteiger partial charge in [0.05, 0.1) is 17.2 Å². The van der Waals surface area contributed by atoms with Crippen LogP contribution in [0.25, 0.3) is 0 Å². The van der Waals surface area contributed by atoms with Gasteiger partial charge < -0.3 is 20.2 Å². The molecule has 2 aromatic carbocycles. The van der Waals surface area contributed by atoms with Gasteiger partial charge in [-0.1, -0.05) is 41.0 Å². The van der Waals surface area contributed by atoms with Gasteiger partial charge in [-0.25, -0.2) is 4.39 Å². The summed E-state index contributed by atoms with van der Waals surface area (Å²) in [6.45, 7) is 0. The molecule has 0 spiro atoms. The third-order valence-electron chi connectivity index (χ3n) is 7.27. The lowest BCUT2D eigenvalue weighted by molar-refractivity contribution is -0.142. The van der Waals surface area contributed by atoms with Crippen LogP contribution in [0.1, 0.15) is 65.1 Å². The van der Waals surface area contributed by atoms with Crippen molar-refractivity contribution in [1.82, 2.24) is 9.88 Å². The topological polar surface area (TPSA) is 121 Å². The Kier molecular flexibility index (Phi) is 8.81. The van der Waals surface area contributed by atoms with Crippen LogP contribution in [0.2, 0.25) is 5.02 Å². The van der Waals surface area contributed by atoms with Gasteiger partial charge in [0, 0.05) is 48.3 Å². The molecule has 1 fully saturated rings. The van der Waals surface area contributed by atoms with Crippen molar-refractivity contribution in [3.8, 4) is 0 Å². The van der Waals surface area contributed by atoms with E-state index in [1.807, 2.05) is 0 Å². The quantitative estimate of drug-likeness (QED) is 0.207. The Labute approximate surface area is 229 Å². The molecule has 8 nitrogen and oxygen atoms in total. The standard InChI is InChI=1S/C29H29ClFN3O5/c1-34-16-19(9-13-27(34)35)26(33-39)15-23(21-4-2-3-5-24(21)30)18-8-12-22(25(31)14-18)28(36)32-20-10-6-17(7-11-20)29(37)38/h2-5,8-9,12-14,16-17,20,23,39H,6-7,10-11,15H2,1H3,(H,32,36)(H,37,38)/t17-,20-,23?. The minimum Gasteiger partial charge on any atom is -0.481 e. The number of aromatic nitrogens is 1. The third-order valence-corrected chi connectivity index (χ3v) is 7.61. The molecule has 3 aromatic rings. The number of carbonyl (C=O) groups excluding carboxylic acids is 1. The third kappa shape index (κ3) is 6.54. The maximum atomic E-state index is 15.3. The van der Waals surface area contributed by atoms with Crippen LogP contribution < -0.4 is 10.9 Å². The van der Waals surface area contributed by atoms with E-state index < -0.39 is 29.5 Å². The molecule has 3 N–H and O–H groups in total. The summed E-state index contributed by atoms with van der Waals surface area (Å²) in [5.41, 5.74) is 1.65. The summed E-state index contributed by atoms with van der Waals surface area (Å²) in [5.74, 6) is -3.05. The van der Waals surface area contributed by atoms with Crippen molar-refractivity contribution in [2.24, 2.45) is 18.1 Å². The molecule has 1 unspecified atom stereocenters. The molecule has 0 aliphatic heterocycles. The highest BCUT2D eigenvalue weighted by molar-refractivity contribution is 6.31. The molecule has 0 saturated heterocycles. The number of carboxylic acid groups (broad SMARTS) is 1. The highest BCUT2D eigenvalue weighted by Gasteiger charge is 2.28. The zero-order chi connectivity index (χ0) is 28.1. The Balaban J connectivity index is 1.60. The number of pyridine rings is 1. The Morgan fingerprint density at radius 3 is 2.46 bits per heavy atom. The number of hydrogen-bond donors (Lipinski definition) is 3. The van der Waals surface area contributed by atoms with Crippen molar-refractivity contribution in [3.05, 3.63) is 104 Å². The smallest absolute Gasteiger partial charge is 0.306 e. The number of hydrogen-bond acceptors (Lipinski definition) is 5. The van der Waals surface area contributed by atoms with Crippen molar-refractivity contribution in [2.45, 2.75) is 44.1 Å². The highest BCUT2D eigenvalue weighted by Crippen LogP contribution is 2.35. The fraction of sp³-hybridized carbons (Fsp3) is 0.310. The van der Waals surface area contributed by atoms with Crippen LogP contribution in [0.4, 0.5) is 4.39 Å². The van der Waals surface area contributed by atoms with Gasteiger partial charge in [-0.05, 0) is 61.1 Å². The second-order valence-corrected chi connectivity index (χ2v) is 10.2. The highest BCUT2D eigenvalue weighted by atomic mass is 35.5. The predicted molar refractivity (Wildman–Crippen MR) is 145 cm³/mol. The number of carbonyl (C=O) groups is 2. The molecule has 1 atom stereocenters. The van der Waals surface area contributed by atoms with Gasteiger partial charge in [-0.3, -0.25) is 14.4 Å². The number of carboxylic acids is 1. The van der Waals surface area contributed by atoms with E-state index >= 15 is 4.39 Å². The number of aliphatic carboxylic acids is 1. The maximum absolute atomic E-state index is 15.3. The normalized spacial score (nSPS) is 18.4. The summed E-state index contributed by atoms with van der Waals surface area (Å²) in [5, 5.41) is 25.7. The summed E-state index contributed by atoms with van der Waals surface area (Å²) in [6.07, 6.45) is 3.66. The van der Waals surface area contributed by atoms with E-state index in [1.54, 1.807) is 49.6 Å². The molecule has 1 saturated carbocycles. The molecule has 4 rings (SSSR count). The zero-order valence-corrected chi connectivity index (χ0v) is 22.1. The predicted octanol–water partition coefficient (Wildman–Crippen LogP) is 4.95. The van der Waals surface area contributed by atoms with E-state index in [-0.39, 0.29) is 29.3 Å². The lowest BCUT2D eigenvalue weighted by Gasteiger charge is -2.27. The Morgan fingerprint density at radius 2 is 1.85 bits per heavy atom. The fourth-order valence-corrected chi connectivity index (χ4v) is 5.29. The van der Waals surface area contributed by atoms with Crippen molar-refractivity contribution in [2.75, 3.05) is 0 Å². The van der Waals surface area contributed by atoms with Crippen molar-refractivity contribution >= 4 is 29.2 Å². The van der Waals surface area contributed by atoms with Gasteiger partial charge in [0.1, 0.15) is 5.82 Å². The number of amides is 1. The summed E-state index contributed by atoms with van der Waals surface area (Å²) in [6, 6.07) is 14.1. The van der Waals surface area contributed by atoms with Crippen LogP contribution in [-0.2, 0) is 11.8 Å². The van der Waals surface area contributed by atoms with Gasteiger partial charge in [0.2, 0.25) is 5.56 Å². The molecule has 1 heterocycles. The van der Waals surface area contributed by atoms with E-state index in [4.69, 9.17) is 16.7 Å². The number of aryl methyl sites for hydroxylation is 1. The molecule has 204 valence electrons. The lowest BCUT2D eigenvalue weighted by Crippen LogP contribution is -2.39. The number of rotatable bonds is 8. The van der Waals surface area contributed by atoms with E-state index in [0.717, 1.165) is 0 Å². The van der Waals surface area contributed by atoms with E-state index in [1.165, 1.54) is 22.8 Å². The molecular weight excluding hydrogens is 525 g/mol. The Bertz CT molecular complexity index is 1460. The van der Waals surface area contributed by atoms with E-state index in [2.05, 4.69) is 10.5 Å².